The van der Waals surface area contributed by atoms with Gasteiger partial charge in [-0.3, -0.25) is 0 Å². The van der Waals surface area contributed by atoms with Crippen molar-refractivity contribution in [2.75, 3.05) is 24.2 Å². The van der Waals surface area contributed by atoms with E-state index in [2.05, 4.69) is 25.3 Å². The lowest BCUT2D eigenvalue weighted by Crippen LogP contribution is -2.33. The van der Waals surface area contributed by atoms with Crippen LogP contribution in [0.1, 0.15) is 26.2 Å². The number of sulfonamides is 1. The molecule has 0 unspecified atom stereocenters. The van der Waals surface area contributed by atoms with Gasteiger partial charge in [-0.15, -0.1) is 0 Å². The highest BCUT2D eigenvalue weighted by Crippen LogP contribution is 2.28. The second-order valence-corrected chi connectivity index (χ2v) is 9.82. The normalized spacial score (nSPS) is 17.6. The summed E-state index contributed by atoms with van der Waals surface area (Å²) in [6.45, 7) is 2.66. The van der Waals surface area contributed by atoms with Crippen LogP contribution >= 0.6 is 11.6 Å². The Morgan fingerprint density at radius 3 is 3.00 bits per heavy atom. The maximum Gasteiger partial charge on any atom is 0.214 e. The van der Waals surface area contributed by atoms with Gasteiger partial charge in [-0.1, -0.05) is 24.9 Å². The first-order chi connectivity index (χ1) is 14.4. The predicted molar refractivity (Wildman–Crippen MR) is 114 cm³/mol. The second-order valence-electron chi connectivity index (χ2n) is 7.30. The Morgan fingerprint density at radius 2 is 2.20 bits per heavy atom. The summed E-state index contributed by atoms with van der Waals surface area (Å²) in [5.74, 6) is -0.0943. The third kappa shape index (κ3) is 4.26. The van der Waals surface area contributed by atoms with Gasteiger partial charge in [0.25, 0.3) is 0 Å². The van der Waals surface area contributed by atoms with Crippen LogP contribution in [0.3, 0.4) is 0 Å². The highest BCUT2D eigenvalue weighted by molar-refractivity contribution is 7.89. The monoisotopic (exact) mass is 452 g/mol. The molecule has 1 aliphatic rings. The number of halogens is 2. The van der Waals surface area contributed by atoms with Crippen LogP contribution in [0.4, 0.5) is 10.2 Å². The first-order valence-corrected chi connectivity index (χ1v) is 11.8. The van der Waals surface area contributed by atoms with Gasteiger partial charge < -0.3 is 10.3 Å². The molecule has 1 atom stereocenters. The maximum atomic E-state index is 14.4. The zero-order chi connectivity index (χ0) is 21.3. The van der Waals surface area contributed by atoms with E-state index in [1.807, 2.05) is 6.92 Å². The Labute approximate surface area is 178 Å². The van der Waals surface area contributed by atoms with Gasteiger partial charge in [-0.2, -0.15) is 4.31 Å². The van der Waals surface area contributed by atoms with Crippen LogP contribution in [0.15, 0.2) is 24.7 Å². The van der Waals surface area contributed by atoms with Gasteiger partial charge in [0, 0.05) is 42.5 Å². The molecule has 0 amide bonds. The lowest BCUT2D eigenvalue weighted by atomic mass is 10.2. The van der Waals surface area contributed by atoms with Crippen molar-refractivity contribution in [2.24, 2.45) is 0 Å². The van der Waals surface area contributed by atoms with Crippen LogP contribution < -0.4 is 5.32 Å². The van der Waals surface area contributed by atoms with Crippen molar-refractivity contribution in [3.05, 3.63) is 35.5 Å². The molecule has 2 N–H and O–H groups in total. The largest absolute Gasteiger partial charge is 0.363 e. The van der Waals surface area contributed by atoms with E-state index in [0.29, 0.717) is 41.4 Å². The number of H-pyrrole nitrogens is 1. The van der Waals surface area contributed by atoms with Crippen LogP contribution in [-0.4, -0.2) is 57.5 Å². The molecule has 30 heavy (non-hydrogen) atoms. The van der Waals surface area contributed by atoms with Crippen molar-refractivity contribution in [1.82, 2.24) is 24.2 Å². The van der Waals surface area contributed by atoms with Gasteiger partial charge >= 0.3 is 0 Å². The summed E-state index contributed by atoms with van der Waals surface area (Å²) in [6, 6.07) is 1.52. The van der Waals surface area contributed by atoms with Crippen LogP contribution in [0.5, 0.6) is 0 Å². The van der Waals surface area contributed by atoms with E-state index in [9.17, 15) is 12.8 Å². The van der Waals surface area contributed by atoms with Crippen LogP contribution in [0.2, 0.25) is 5.02 Å². The molecule has 8 nitrogen and oxygen atoms in total. The highest BCUT2D eigenvalue weighted by Gasteiger charge is 2.31. The lowest BCUT2D eigenvalue weighted by Gasteiger charge is -2.17. The molecule has 3 aromatic heterocycles. The number of fused-ring (bicyclic) bond motifs is 1. The molecule has 11 heteroatoms. The molecule has 0 aliphatic carbocycles. The summed E-state index contributed by atoms with van der Waals surface area (Å²) < 4.78 is 40.6. The van der Waals surface area contributed by atoms with Crippen molar-refractivity contribution < 1.29 is 12.8 Å². The number of hydrogen-bond donors (Lipinski definition) is 2. The molecular weight excluding hydrogens is 431 g/mol. The predicted octanol–water partition coefficient (Wildman–Crippen LogP) is 3.43. The maximum absolute atomic E-state index is 14.4. The molecule has 0 bridgehead atoms. The van der Waals surface area contributed by atoms with Gasteiger partial charge in [-0.25, -0.2) is 27.8 Å². The fourth-order valence-electron chi connectivity index (χ4n) is 3.51. The van der Waals surface area contributed by atoms with Gasteiger partial charge in [0.05, 0.1) is 17.0 Å². The van der Waals surface area contributed by atoms with Gasteiger partial charge in [0.2, 0.25) is 10.0 Å². The summed E-state index contributed by atoms with van der Waals surface area (Å²) in [5, 5.41) is 4.25. The van der Waals surface area contributed by atoms with Crippen LogP contribution in [-0.2, 0) is 10.0 Å². The van der Waals surface area contributed by atoms with Gasteiger partial charge in [-0.05, 0) is 18.9 Å². The van der Waals surface area contributed by atoms with Gasteiger partial charge in [0.15, 0.2) is 17.5 Å². The quantitative estimate of drug-likeness (QED) is 0.569. The first kappa shape index (κ1) is 21.0. The molecule has 0 spiro atoms. The number of nitrogens with one attached hydrogen (secondary N) is 2. The van der Waals surface area contributed by atoms with Crippen LogP contribution in [0.25, 0.3) is 22.4 Å². The molecule has 0 aromatic carbocycles. The zero-order valence-electron chi connectivity index (χ0n) is 16.4. The van der Waals surface area contributed by atoms with E-state index in [1.54, 1.807) is 12.3 Å². The minimum Gasteiger partial charge on any atom is -0.363 e. The Kier molecular flexibility index (Phi) is 5.90. The number of pyridine rings is 1. The third-order valence-corrected chi connectivity index (χ3v) is 7.25. The first-order valence-electron chi connectivity index (χ1n) is 9.77. The topological polar surface area (TPSA) is 104 Å². The van der Waals surface area contributed by atoms with Gasteiger partial charge in [0.1, 0.15) is 5.65 Å². The number of hydrogen-bond acceptors (Lipinski definition) is 6. The number of aromatic nitrogens is 4. The van der Waals surface area contributed by atoms with E-state index in [0.717, 1.165) is 18.0 Å². The number of nitrogens with zero attached hydrogens (tertiary/aromatic N) is 4. The number of rotatable bonds is 7. The fraction of sp³-hybridized carbons (Fsp3) is 0.421. The Balaban J connectivity index is 1.54. The summed E-state index contributed by atoms with van der Waals surface area (Å²) in [4.78, 5) is 15.7. The van der Waals surface area contributed by atoms with Crippen molar-refractivity contribution >= 4 is 38.5 Å². The van der Waals surface area contributed by atoms with E-state index in [-0.39, 0.29) is 24.2 Å². The van der Waals surface area contributed by atoms with E-state index in [1.165, 1.54) is 10.5 Å². The molecule has 3 aromatic rings. The molecule has 1 fully saturated rings. The minimum atomic E-state index is -3.29. The minimum absolute atomic E-state index is 0.0437. The van der Waals surface area contributed by atoms with Crippen molar-refractivity contribution in [3.63, 3.8) is 0 Å². The molecule has 160 valence electrons. The average molecular weight is 453 g/mol. The molecule has 1 saturated heterocycles. The fourth-order valence-corrected chi connectivity index (χ4v) is 5.37. The summed E-state index contributed by atoms with van der Waals surface area (Å²) >= 11 is 6.04. The smallest absolute Gasteiger partial charge is 0.214 e. The number of unbranched alkanes of at least 4 members (excludes halogenated alkanes) is 1. The molecule has 4 heterocycles. The standard InChI is InChI=1S/C19H22ClFN6O2S/c1-2-3-6-30(28,29)27-5-4-13(11-27)25-19-16(21)10-24-18(26-19)15-9-23-17-14(15)7-12(20)8-22-17/h7-10,13H,2-6,11H2,1H3,(H,22,23)(H,24,25,26)/t13-/m0/s1. The number of aromatic amines is 1. The summed E-state index contributed by atoms with van der Waals surface area (Å²) in [6.07, 6.45) is 6.36. The summed E-state index contributed by atoms with van der Waals surface area (Å²) in [5.41, 5.74) is 1.28. The van der Waals surface area contributed by atoms with Crippen molar-refractivity contribution in [3.8, 4) is 11.4 Å². The number of anilines is 1. The van der Waals surface area contributed by atoms with E-state index >= 15 is 0 Å². The average Bonchev–Trinajstić information content (AvgIpc) is 3.35. The third-order valence-electron chi connectivity index (χ3n) is 5.12. The Morgan fingerprint density at radius 1 is 1.37 bits per heavy atom. The molecule has 0 radical (unpaired) electrons. The Hall–Kier alpha value is -2.30. The Bertz CT molecular complexity index is 1170. The van der Waals surface area contributed by atoms with E-state index < -0.39 is 15.8 Å². The summed E-state index contributed by atoms with van der Waals surface area (Å²) in [7, 11) is -3.29. The molecule has 0 saturated carbocycles. The lowest BCUT2D eigenvalue weighted by molar-refractivity contribution is 0.472. The SMILES string of the molecule is CCCCS(=O)(=O)N1CC[C@H](Nc2nc(-c3c[nH]c4ncc(Cl)cc34)ncc2F)C1. The zero-order valence-corrected chi connectivity index (χ0v) is 18.0. The molecular formula is C19H22ClFN6O2S. The highest BCUT2D eigenvalue weighted by atomic mass is 35.5. The van der Waals surface area contributed by atoms with Crippen LogP contribution in [0, 0.1) is 5.82 Å². The van der Waals surface area contributed by atoms with E-state index in [4.69, 9.17) is 11.6 Å². The van der Waals surface area contributed by atoms with Crippen molar-refractivity contribution in [1.29, 1.82) is 0 Å². The second kappa shape index (κ2) is 8.44. The molecule has 4 rings (SSSR count). The van der Waals surface area contributed by atoms with Crippen molar-refractivity contribution in [2.45, 2.75) is 32.2 Å². The molecule has 1 aliphatic heterocycles.